The van der Waals surface area contributed by atoms with Gasteiger partial charge in [-0.1, -0.05) is 0 Å². The van der Waals surface area contributed by atoms with E-state index in [1.165, 1.54) is 17.4 Å². The van der Waals surface area contributed by atoms with E-state index in [9.17, 15) is 13.2 Å². The minimum absolute atomic E-state index is 0.224. The highest BCUT2D eigenvalue weighted by Crippen LogP contribution is 2.29. The molecule has 2 heterocycles. The van der Waals surface area contributed by atoms with Crippen LogP contribution in [0.5, 0.6) is 0 Å². The second kappa shape index (κ2) is 5.24. The summed E-state index contributed by atoms with van der Waals surface area (Å²) in [5, 5.41) is 12.7. The Balaban J connectivity index is 2.33. The maximum absolute atomic E-state index is 12.4. The lowest BCUT2D eigenvalue weighted by Gasteiger charge is -2.06. The highest BCUT2D eigenvalue weighted by atomic mass is 32.1. The number of hydrogen-bond acceptors (Lipinski definition) is 3. The van der Waals surface area contributed by atoms with Crippen molar-refractivity contribution in [2.24, 2.45) is 0 Å². The van der Waals surface area contributed by atoms with Crippen LogP contribution in [0.15, 0.2) is 35.2 Å². The van der Waals surface area contributed by atoms with E-state index in [1.54, 1.807) is 6.08 Å². The summed E-state index contributed by atoms with van der Waals surface area (Å²) in [5.41, 5.74) is 0.446. The Bertz CT molecular complexity index is 619. The topological polar surface area (TPSA) is 36.7 Å². The molecule has 0 saturated carbocycles. The van der Waals surface area contributed by atoms with Crippen LogP contribution in [-0.4, -0.2) is 4.98 Å². The number of alkyl halides is 3. The van der Waals surface area contributed by atoms with Crippen molar-refractivity contribution in [3.05, 3.63) is 52.0 Å². The first-order valence-electron chi connectivity index (χ1n) is 5.18. The molecule has 19 heavy (non-hydrogen) atoms. The molecular formula is C13H7F3N2S. The van der Waals surface area contributed by atoms with Crippen LogP contribution >= 0.6 is 11.3 Å². The third kappa shape index (κ3) is 3.20. The molecule has 6 heteroatoms. The van der Waals surface area contributed by atoms with Crippen molar-refractivity contribution in [3.8, 4) is 6.07 Å². The Kier molecular flexibility index (Phi) is 3.67. The smallest absolute Gasteiger partial charge is 0.255 e. The predicted octanol–water partition coefficient (Wildman–Crippen LogP) is 4.23. The number of aromatic nitrogens is 1. The molecule has 0 N–H and O–H groups in total. The molecule has 0 amide bonds. The lowest BCUT2D eigenvalue weighted by molar-refractivity contribution is -0.137. The first-order chi connectivity index (χ1) is 9.00. The van der Waals surface area contributed by atoms with Crippen molar-refractivity contribution in [1.29, 1.82) is 5.26 Å². The Hall–Kier alpha value is -2.13. The zero-order valence-corrected chi connectivity index (χ0v) is 10.3. The number of allylic oxidation sites excluding steroid dienone is 1. The van der Waals surface area contributed by atoms with Crippen LogP contribution in [-0.2, 0) is 6.18 Å². The number of rotatable bonds is 2. The maximum Gasteiger partial charge on any atom is 0.417 e. The van der Waals surface area contributed by atoms with Crippen molar-refractivity contribution in [3.63, 3.8) is 0 Å². The molecule has 0 saturated heterocycles. The normalized spacial score (nSPS) is 12.2. The van der Waals surface area contributed by atoms with Gasteiger partial charge in [0.25, 0.3) is 0 Å². The fourth-order valence-corrected chi connectivity index (χ4v) is 2.03. The molecular weight excluding hydrogens is 273 g/mol. The first-order valence-corrected chi connectivity index (χ1v) is 6.12. The fourth-order valence-electron chi connectivity index (χ4n) is 1.41. The number of nitrogens with zero attached hydrogens (tertiary/aromatic N) is 2. The number of hydrogen-bond donors (Lipinski definition) is 0. The van der Waals surface area contributed by atoms with Gasteiger partial charge in [-0.3, -0.25) is 4.98 Å². The zero-order valence-electron chi connectivity index (χ0n) is 9.48. The van der Waals surface area contributed by atoms with E-state index >= 15 is 0 Å². The number of nitriles is 1. The Morgan fingerprint density at radius 2 is 2.11 bits per heavy atom. The van der Waals surface area contributed by atoms with Gasteiger partial charge < -0.3 is 0 Å². The van der Waals surface area contributed by atoms with Crippen LogP contribution < -0.4 is 0 Å². The Morgan fingerprint density at radius 1 is 1.32 bits per heavy atom. The van der Waals surface area contributed by atoms with E-state index in [-0.39, 0.29) is 11.3 Å². The highest BCUT2D eigenvalue weighted by Gasteiger charge is 2.30. The molecule has 0 spiro atoms. The van der Waals surface area contributed by atoms with Gasteiger partial charge in [-0.15, -0.1) is 0 Å². The molecule has 0 bridgehead atoms. The van der Waals surface area contributed by atoms with Crippen molar-refractivity contribution in [1.82, 2.24) is 4.98 Å². The molecule has 2 nitrogen and oxygen atoms in total. The van der Waals surface area contributed by atoms with Crippen molar-refractivity contribution < 1.29 is 13.2 Å². The highest BCUT2D eigenvalue weighted by molar-refractivity contribution is 7.08. The zero-order chi connectivity index (χ0) is 13.9. The molecule has 2 aromatic rings. The van der Waals surface area contributed by atoms with Crippen LogP contribution in [0.25, 0.3) is 11.6 Å². The van der Waals surface area contributed by atoms with Gasteiger partial charge in [-0.2, -0.15) is 29.8 Å². The largest absolute Gasteiger partial charge is 0.417 e. The van der Waals surface area contributed by atoms with E-state index in [0.29, 0.717) is 0 Å². The third-order valence-electron chi connectivity index (χ3n) is 2.34. The van der Waals surface area contributed by atoms with Gasteiger partial charge in [0, 0.05) is 6.20 Å². The van der Waals surface area contributed by atoms with E-state index in [0.717, 1.165) is 17.8 Å². The third-order valence-corrected chi connectivity index (χ3v) is 3.04. The minimum atomic E-state index is -4.42. The predicted molar refractivity (Wildman–Crippen MR) is 67.0 cm³/mol. The van der Waals surface area contributed by atoms with Gasteiger partial charge in [0.1, 0.15) is 6.07 Å². The van der Waals surface area contributed by atoms with Crippen LogP contribution in [0.4, 0.5) is 13.2 Å². The molecule has 0 fully saturated rings. The standard InChI is InChI=1S/C13H7F3N2S/c14-13(15,16)11-1-2-12(18-7-11)10(6-17)5-9-3-4-19-8-9/h1-5,7-8H. The molecule has 0 aliphatic rings. The van der Waals surface area contributed by atoms with Gasteiger partial charge in [0.15, 0.2) is 0 Å². The quantitative estimate of drug-likeness (QED) is 0.772. The molecule has 0 atom stereocenters. The number of pyridine rings is 1. The number of thiophene rings is 1. The molecule has 96 valence electrons. The van der Waals surface area contributed by atoms with E-state index in [2.05, 4.69) is 4.98 Å². The molecule has 2 rings (SSSR count). The molecule has 0 aliphatic heterocycles. The van der Waals surface area contributed by atoms with Crippen molar-refractivity contribution in [2.75, 3.05) is 0 Å². The second-order valence-corrected chi connectivity index (χ2v) is 4.44. The summed E-state index contributed by atoms with van der Waals surface area (Å²) in [4.78, 5) is 3.69. The lowest BCUT2D eigenvalue weighted by Crippen LogP contribution is -2.05. The Morgan fingerprint density at radius 3 is 2.58 bits per heavy atom. The monoisotopic (exact) mass is 280 g/mol. The van der Waals surface area contributed by atoms with Crippen LogP contribution in [0.2, 0.25) is 0 Å². The van der Waals surface area contributed by atoms with Gasteiger partial charge in [-0.25, -0.2) is 0 Å². The molecule has 0 aromatic carbocycles. The molecule has 0 aliphatic carbocycles. The summed E-state index contributed by atoms with van der Waals surface area (Å²) >= 11 is 1.47. The average Bonchev–Trinajstić information content (AvgIpc) is 2.88. The fraction of sp³-hybridized carbons (Fsp3) is 0.0769. The SMILES string of the molecule is N#CC(=Cc1ccsc1)c1ccc(C(F)(F)F)cn1. The summed E-state index contributed by atoms with van der Waals surface area (Å²) in [5.74, 6) is 0. The maximum atomic E-state index is 12.4. The van der Waals surface area contributed by atoms with Crippen molar-refractivity contribution >= 4 is 23.0 Å². The van der Waals surface area contributed by atoms with Gasteiger partial charge in [-0.05, 0) is 40.6 Å². The summed E-state index contributed by atoms with van der Waals surface area (Å²) in [7, 11) is 0. The van der Waals surface area contributed by atoms with Crippen LogP contribution in [0.1, 0.15) is 16.8 Å². The first kappa shape index (κ1) is 13.3. The summed E-state index contributed by atoms with van der Waals surface area (Å²) in [6.45, 7) is 0. The number of halogens is 3. The van der Waals surface area contributed by atoms with E-state index in [1.807, 2.05) is 22.9 Å². The summed E-state index contributed by atoms with van der Waals surface area (Å²) < 4.78 is 37.2. The second-order valence-electron chi connectivity index (χ2n) is 3.66. The average molecular weight is 280 g/mol. The van der Waals surface area contributed by atoms with E-state index < -0.39 is 11.7 Å². The molecule has 0 unspecified atom stereocenters. The van der Waals surface area contributed by atoms with Gasteiger partial charge in [0.05, 0.1) is 16.8 Å². The minimum Gasteiger partial charge on any atom is -0.255 e. The summed E-state index contributed by atoms with van der Waals surface area (Å²) in [6, 6.07) is 5.86. The van der Waals surface area contributed by atoms with Crippen LogP contribution in [0.3, 0.4) is 0 Å². The van der Waals surface area contributed by atoms with Gasteiger partial charge >= 0.3 is 6.18 Å². The molecule has 2 aromatic heterocycles. The molecule has 0 radical (unpaired) electrons. The van der Waals surface area contributed by atoms with E-state index in [4.69, 9.17) is 5.26 Å². The van der Waals surface area contributed by atoms with Crippen molar-refractivity contribution in [2.45, 2.75) is 6.18 Å². The Labute approximate surface area is 111 Å². The summed E-state index contributed by atoms with van der Waals surface area (Å²) in [6.07, 6.45) is -2.10. The lowest BCUT2D eigenvalue weighted by atomic mass is 10.1. The van der Waals surface area contributed by atoms with Crippen LogP contribution in [0, 0.1) is 11.3 Å². The van der Waals surface area contributed by atoms with Gasteiger partial charge in [0.2, 0.25) is 0 Å².